The highest BCUT2D eigenvalue weighted by Gasteiger charge is 2.18. The molecule has 0 fully saturated rings. The van der Waals surface area contributed by atoms with Crippen LogP contribution in [0, 0.1) is 0 Å². The quantitative estimate of drug-likeness (QED) is 0.518. The molecule has 0 amide bonds. The number of nitrogens with zero attached hydrogens (tertiary/aromatic N) is 3. The summed E-state index contributed by atoms with van der Waals surface area (Å²) < 4.78 is 12.6. The fourth-order valence-corrected chi connectivity index (χ4v) is 3.89. The van der Waals surface area contributed by atoms with E-state index in [2.05, 4.69) is 10.2 Å². The molecule has 0 atom stereocenters. The zero-order valence-electron chi connectivity index (χ0n) is 13.5. The van der Waals surface area contributed by atoms with Crippen molar-refractivity contribution in [1.82, 2.24) is 14.9 Å². The Bertz CT molecular complexity index is 964. The van der Waals surface area contributed by atoms with E-state index in [1.54, 1.807) is 6.07 Å². The molecule has 1 aromatic heterocycles. The number of nitrogen functional groups attached to an aromatic ring is 1. The number of hydrogen-bond acceptors (Lipinski definition) is 6. The Morgan fingerprint density at radius 1 is 1.08 bits per heavy atom. The van der Waals surface area contributed by atoms with Crippen LogP contribution in [0.15, 0.2) is 41.6 Å². The predicted molar refractivity (Wildman–Crippen MR) is 103 cm³/mol. The van der Waals surface area contributed by atoms with Crippen molar-refractivity contribution in [2.24, 2.45) is 0 Å². The lowest BCUT2D eigenvalue weighted by atomic mass is 10.2. The van der Waals surface area contributed by atoms with Gasteiger partial charge in [-0.3, -0.25) is 0 Å². The molecule has 2 aromatic carbocycles. The van der Waals surface area contributed by atoms with E-state index >= 15 is 0 Å². The summed E-state index contributed by atoms with van der Waals surface area (Å²) in [5.41, 5.74) is 1.71. The van der Waals surface area contributed by atoms with Gasteiger partial charge >= 0.3 is 0 Å². The molecule has 2 heterocycles. The second-order valence-electron chi connectivity index (χ2n) is 5.55. The van der Waals surface area contributed by atoms with Gasteiger partial charge in [0.05, 0.1) is 10.0 Å². The van der Waals surface area contributed by atoms with Crippen molar-refractivity contribution in [2.75, 3.05) is 19.1 Å². The summed E-state index contributed by atoms with van der Waals surface area (Å²) in [6.07, 6.45) is 0. The van der Waals surface area contributed by atoms with Gasteiger partial charge in [0.15, 0.2) is 17.3 Å². The van der Waals surface area contributed by atoms with Crippen LogP contribution in [-0.4, -0.2) is 28.1 Å². The number of hydrogen-bond donors (Lipinski definition) is 1. The van der Waals surface area contributed by atoms with E-state index in [4.69, 9.17) is 38.5 Å². The van der Waals surface area contributed by atoms with E-state index in [0.29, 0.717) is 51.5 Å². The predicted octanol–water partition coefficient (Wildman–Crippen LogP) is 4.03. The first-order valence-electron chi connectivity index (χ1n) is 7.79. The second kappa shape index (κ2) is 7.26. The van der Waals surface area contributed by atoms with Gasteiger partial charge < -0.3 is 15.3 Å². The first-order chi connectivity index (χ1) is 12.6. The fraction of sp³-hybridized carbons (Fsp3) is 0.176. The molecule has 26 heavy (non-hydrogen) atoms. The average molecular weight is 409 g/mol. The summed E-state index contributed by atoms with van der Waals surface area (Å²) in [6, 6.07) is 11.1. The van der Waals surface area contributed by atoms with E-state index in [-0.39, 0.29) is 0 Å². The van der Waals surface area contributed by atoms with Crippen LogP contribution in [-0.2, 0) is 5.75 Å². The van der Waals surface area contributed by atoms with Gasteiger partial charge in [0, 0.05) is 11.3 Å². The van der Waals surface area contributed by atoms with Crippen LogP contribution in [0.5, 0.6) is 11.5 Å². The first kappa shape index (κ1) is 17.3. The molecule has 1 aliphatic heterocycles. The zero-order valence-corrected chi connectivity index (χ0v) is 15.8. The standard InChI is InChI=1S/C17H14Cl2N4O2S/c18-12-4-2-1-3-11(12)16-21-22-17(23(16)20)26-9-10-7-13(19)15-14(8-10)24-5-6-25-15/h1-4,7-8H,5-6,9,20H2. The molecule has 134 valence electrons. The molecule has 0 aliphatic carbocycles. The topological polar surface area (TPSA) is 75.2 Å². The number of ether oxygens (including phenoxy) is 2. The first-order valence-corrected chi connectivity index (χ1v) is 9.54. The number of aromatic nitrogens is 3. The number of fused-ring (bicyclic) bond motifs is 1. The fourth-order valence-electron chi connectivity index (χ4n) is 2.60. The van der Waals surface area contributed by atoms with Crippen LogP contribution in [0.25, 0.3) is 11.4 Å². The molecule has 6 nitrogen and oxygen atoms in total. The Kier molecular flexibility index (Phi) is 4.84. The third-order valence-electron chi connectivity index (χ3n) is 3.80. The van der Waals surface area contributed by atoms with Crippen molar-refractivity contribution in [3.63, 3.8) is 0 Å². The summed E-state index contributed by atoms with van der Waals surface area (Å²) in [4.78, 5) is 0. The molecule has 0 saturated carbocycles. The Hall–Kier alpha value is -2.09. The normalized spacial score (nSPS) is 13.0. The number of rotatable bonds is 4. The molecule has 0 bridgehead atoms. The Morgan fingerprint density at radius 3 is 2.73 bits per heavy atom. The van der Waals surface area contributed by atoms with Crippen LogP contribution in [0.2, 0.25) is 10.0 Å². The van der Waals surface area contributed by atoms with E-state index in [1.807, 2.05) is 30.3 Å². The van der Waals surface area contributed by atoms with E-state index in [9.17, 15) is 0 Å². The molecule has 0 spiro atoms. The molecule has 3 aromatic rings. The molecule has 4 rings (SSSR count). The maximum Gasteiger partial charge on any atom is 0.210 e. The van der Waals surface area contributed by atoms with Crippen molar-refractivity contribution in [3.05, 3.63) is 52.0 Å². The maximum absolute atomic E-state index is 6.28. The Morgan fingerprint density at radius 2 is 1.88 bits per heavy atom. The third-order valence-corrected chi connectivity index (χ3v) is 5.43. The van der Waals surface area contributed by atoms with Crippen LogP contribution in [0.1, 0.15) is 5.56 Å². The van der Waals surface area contributed by atoms with Crippen molar-refractivity contribution in [1.29, 1.82) is 0 Å². The van der Waals surface area contributed by atoms with Crippen LogP contribution >= 0.6 is 35.0 Å². The minimum Gasteiger partial charge on any atom is -0.486 e. The van der Waals surface area contributed by atoms with Crippen molar-refractivity contribution in [2.45, 2.75) is 10.9 Å². The third kappa shape index (κ3) is 3.30. The lowest BCUT2D eigenvalue weighted by molar-refractivity contribution is 0.171. The summed E-state index contributed by atoms with van der Waals surface area (Å²) in [6.45, 7) is 1.01. The van der Waals surface area contributed by atoms with Crippen LogP contribution in [0.3, 0.4) is 0 Å². The lowest BCUT2D eigenvalue weighted by Crippen LogP contribution is -2.15. The summed E-state index contributed by atoms with van der Waals surface area (Å²) >= 11 is 13.9. The molecule has 0 unspecified atom stereocenters. The molecule has 0 saturated heterocycles. The largest absolute Gasteiger partial charge is 0.486 e. The van der Waals surface area contributed by atoms with E-state index < -0.39 is 0 Å². The summed E-state index contributed by atoms with van der Waals surface area (Å²) in [7, 11) is 0. The smallest absolute Gasteiger partial charge is 0.210 e. The molecular formula is C17H14Cl2N4O2S. The van der Waals surface area contributed by atoms with Gasteiger partial charge in [0.25, 0.3) is 0 Å². The van der Waals surface area contributed by atoms with Crippen molar-refractivity contribution < 1.29 is 9.47 Å². The van der Waals surface area contributed by atoms with Gasteiger partial charge in [-0.05, 0) is 29.8 Å². The SMILES string of the molecule is Nn1c(SCc2cc(Cl)c3c(c2)OCCO3)nnc1-c1ccccc1Cl. The van der Waals surface area contributed by atoms with Gasteiger partial charge in [-0.25, -0.2) is 4.68 Å². The number of halogens is 2. The number of benzene rings is 2. The van der Waals surface area contributed by atoms with Gasteiger partial charge in [-0.1, -0.05) is 47.1 Å². The highest BCUT2D eigenvalue weighted by atomic mass is 35.5. The van der Waals surface area contributed by atoms with Gasteiger partial charge in [0.2, 0.25) is 5.16 Å². The molecule has 9 heteroatoms. The summed E-state index contributed by atoms with van der Waals surface area (Å²) in [5.74, 6) is 8.52. The summed E-state index contributed by atoms with van der Waals surface area (Å²) in [5, 5.41) is 10.00. The molecule has 2 N–H and O–H groups in total. The monoisotopic (exact) mass is 408 g/mol. The van der Waals surface area contributed by atoms with Gasteiger partial charge in [0.1, 0.15) is 13.2 Å². The van der Waals surface area contributed by atoms with E-state index in [1.165, 1.54) is 16.4 Å². The Balaban J connectivity index is 1.54. The van der Waals surface area contributed by atoms with Crippen molar-refractivity contribution >= 4 is 35.0 Å². The molecule has 0 radical (unpaired) electrons. The van der Waals surface area contributed by atoms with Gasteiger partial charge in [-0.2, -0.15) is 0 Å². The Labute approximate surface area is 164 Å². The highest BCUT2D eigenvalue weighted by Crippen LogP contribution is 2.39. The van der Waals surface area contributed by atoms with E-state index in [0.717, 1.165) is 11.1 Å². The number of thioether (sulfide) groups is 1. The average Bonchev–Trinajstić information content (AvgIpc) is 3.01. The lowest BCUT2D eigenvalue weighted by Gasteiger charge is -2.20. The minimum absolute atomic E-state index is 0.502. The van der Waals surface area contributed by atoms with Crippen molar-refractivity contribution in [3.8, 4) is 22.9 Å². The maximum atomic E-state index is 6.28. The second-order valence-corrected chi connectivity index (χ2v) is 7.30. The number of nitrogens with two attached hydrogens (primary N) is 1. The van der Waals surface area contributed by atoms with Crippen LogP contribution in [0.4, 0.5) is 0 Å². The molecular weight excluding hydrogens is 395 g/mol. The minimum atomic E-state index is 0.502. The highest BCUT2D eigenvalue weighted by molar-refractivity contribution is 7.98. The molecule has 1 aliphatic rings. The van der Waals surface area contributed by atoms with Crippen LogP contribution < -0.4 is 15.3 Å². The zero-order chi connectivity index (χ0) is 18.1. The van der Waals surface area contributed by atoms with Gasteiger partial charge in [-0.15, -0.1) is 10.2 Å².